The molecule has 10 N–H and O–H groups in total. The topological polar surface area (TPSA) is 230 Å². The summed E-state index contributed by atoms with van der Waals surface area (Å²) in [6.07, 6.45) is 2.33. The number of nitrogens with two attached hydrogens (primary N) is 2. The number of nitrogens with one attached hydrogen (secondary N) is 4. The van der Waals surface area contributed by atoms with E-state index in [0.717, 1.165) is 10.9 Å². The molecule has 3 atom stereocenters. The van der Waals surface area contributed by atoms with Gasteiger partial charge >= 0.3 is 11.9 Å². The Morgan fingerprint density at radius 3 is 2.28 bits per heavy atom. The number of carboxylic acid groups (broad SMARTS) is 2. The Balaban J connectivity index is 2.22. The highest BCUT2D eigenvalue weighted by atomic mass is 16.4. The second-order valence-corrected chi connectivity index (χ2v) is 8.29. The summed E-state index contributed by atoms with van der Waals surface area (Å²) < 4.78 is 0. The number of unbranched alkanes of at least 4 members (excludes halogenated alkanes) is 1. The van der Waals surface area contributed by atoms with Crippen molar-refractivity contribution in [2.45, 2.75) is 50.2 Å². The number of aromatic nitrogens is 1. The summed E-state index contributed by atoms with van der Waals surface area (Å²) in [6, 6.07) is 3.72. The quantitative estimate of drug-likeness (QED) is 0.136. The molecule has 0 aliphatic rings. The van der Waals surface area contributed by atoms with Crippen LogP contribution in [0.1, 0.15) is 31.2 Å². The lowest BCUT2D eigenvalue weighted by atomic mass is 10.0. The fourth-order valence-electron chi connectivity index (χ4n) is 3.61. The molecule has 2 rings (SSSR count). The van der Waals surface area contributed by atoms with Crippen LogP contribution in [-0.2, 0) is 30.4 Å². The van der Waals surface area contributed by atoms with Crippen LogP contribution in [0.15, 0.2) is 30.5 Å². The lowest BCUT2D eigenvalue weighted by Crippen LogP contribution is -2.56. The van der Waals surface area contributed by atoms with E-state index in [1.807, 2.05) is 24.3 Å². The third-order valence-corrected chi connectivity index (χ3v) is 5.46. The van der Waals surface area contributed by atoms with Crippen molar-refractivity contribution in [3.05, 3.63) is 36.0 Å². The number of carboxylic acids is 2. The van der Waals surface area contributed by atoms with Crippen LogP contribution in [0, 0.1) is 0 Å². The zero-order valence-corrected chi connectivity index (χ0v) is 19.7. The first-order chi connectivity index (χ1) is 17.1. The Hall–Kier alpha value is -3.97. The monoisotopic (exact) mass is 504 g/mol. The number of hydrogen-bond donors (Lipinski definition) is 8. The molecule has 36 heavy (non-hydrogen) atoms. The molecule has 0 saturated carbocycles. The second-order valence-electron chi connectivity index (χ2n) is 8.29. The van der Waals surface area contributed by atoms with Crippen LogP contribution in [0.25, 0.3) is 10.9 Å². The molecule has 3 amide bonds. The van der Waals surface area contributed by atoms with E-state index < -0.39 is 60.8 Å². The molecule has 1 aromatic heterocycles. The summed E-state index contributed by atoms with van der Waals surface area (Å²) in [5.41, 5.74) is 12.7. The Labute approximate surface area is 207 Å². The van der Waals surface area contributed by atoms with Gasteiger partial charge < -0.3 is 42.6 Å². The number of rotatable bonds is 15. The first-order valence-electron chi connectivity index (χ1n) is 11.4. The van der Waals surface area contributed by atoms with Crippen LogP contribution in [0.5, 0.6) is 0 Å². The summed E-state index contributed by atoms with van der Waals surface area (Å²) in [7, 11) is 0. The van der Waals surface area contributed by atoms with Gasteiger partial charge in [-0.05, 0) is 37.4 Å². The van der Waals surface area contributed by atoms with E-state index >= 15 is 0 Å². The molecular formula is C23H32N6O7. The molecule has 196 valence electrons. The van der Waals surface area contributed by atoms with E-state index in [4.69, 9.17) is 21.7 Å². The molecule has 0 bridgehead atoms. The van der Waals surface area contributed by atoms with Crippen molar-refractivity contribution in [2.24, 2.45) is 11.5 Å². The summed E-state index contributed by atoms with van der Waals surface area (Å²) in [5.74, 6) is -4.76. The molecule has 13 nitrogen and oxygen atoms in total. The first-order valence-corrected chi connectivity index (χ1v) is 11.4. The summed E-state index contributed by atoms with van der Waals surface area (Å²) in [4.78, 5) is 63.2. The smallest absolute Gasteiger partial charge is 0.322 e. The van der Waals surface area contributed by atoms with Crippen molar-refractivity contribution in [3.63, 3.8) is 0 Å². The molecule has 0 aliphatic heterocycles. The number of benzene rings is 1. The highest BCUT2D eigenvalue weighted by Crippen LogP contribution is 2.19. The molecule has 0 fully saturated rings. The standard InChI is InChI=1S/C23H32N6O7/c24-8-4-3-7-17(28-21(34)15(25)10-19(30)31)23(36)29-18(22(35)27-12-20(32)33)9-13-11-26-16-6-2-1-5-14(13)16/h1-2,5-6,11,15,17-18,26H,3-4,7-10,12,24-25H2,(H,27,35)(H,28,34)(H,29,36)(H,30,31)(H,32,33). The molecule has 0 radical (unpaired) electrons. The van der Waals surface area contributed by atoms with Gasteiger partial charge in [-0.15, -0.1) is 0 Å². The fraction of sp³-hybridized carbons (Fsp3) is 0.435. The van der Waals surface area contributed by atoms with E-state index in [1.54, 1.807) is 6.20 Å². The summed E-state index contributed by atoms with van der Waals surface area (Å²) in [6.45, 7) is -0.276. The van der Waals surface area contributed by atoms with E-state index in [-0.39, 0.29) is 12.8 Å². The minimum atomic E-state index is -1.37. The lowest BCUT2D eigenvalue weighted by Gasteiger charge is -2.24. The number of H-pyrrole nitrogens is 1. The number of fused-ring (bicyclic) bond motifs is 1. The van der Waals surface area contributed by atoms with Crippen molar-refractivity contribution in [2.75, 3.05) is 13.1 Å². The molecule has 13 heteroatoms. The third kappa shape index (κ3) is 8.67. The van der Waals surface area contributed by atoms with E-state index in [2.05, 4.69) is 20.9 Å². The van der Waals surface area contributed by atoms with Gasteiger partial charge in [-0.1, -0.05) is 18.2 Å². The molecule has 2 aromatic rings. The van der Waals surface area contributed by atoms with Crippen LogP contribution in [0.4, 0.5) is 0 Å². The number of carbonyl (C=O) groups is 5. The van der Waals surface area contributed by atoms with Crippen molar-refractivity contribution in [1.82, 2.24) is 20.9 Å². The molecule has 0 aliphatic carbocycles. The van der Waals surface area contributed by atoms with Crippen LogP contribution >= 0.6 is 0 Å². The van der Waals surface area contributed by atoms with Gasteiger partial charge in [0.1, 0.15) is 18.6 Å². The Morgan fingerprint density at radius 1 is 0.917 bits per heavy atom. The van der Waals surface area contributed by atoms with Crippen molar-refractivity contribution in [3.8, 4) is 0 Å². The van der Waals surface area contributed by atoms with Gasteiger partial charge in [0.2, 0.25) is 17.7 Å². The highest BCUT2D eigenvalue weighted by molar-refractivity contribution is 5.95. The maximum atomic E-state index is 13.1. The predicted octanol–water partition coefficient (Wildman–Crippen LogP) is -1.19. The van der Waals surface area contributed by atoms with Crippen LogP contribution < -0.4 is 27.4 Å². The molecule has 1 aromatic carbocycles. The van der Waals surface area contributed by atoms with Crippen molar-refractivity contribution in [1.29, 1.82) is 0 Å². The van der Waals surface area contributed by atoms with Gasteiger partial charge in [-0.25, -0.2) is 0 Å². The fourth-order valence-corrected chi connectivity index (χ4v) is 3.61. The van der Waals surface area contributed by atoms with E-state index in [0.29, 0.717) is 24.9 Å². The Bertz CT molecular complexity index is 1090. The Morgan fingerprint density at radius 2 is 1.61 bits per heavy atom. The first kappa shape index (κ1) is 28.3. The molecule has 0 spiro atoms. The molecular weight excluding hydrogens is 472 g/mol. The number of aromatic amines is 1. The van der Waals surface area contributed by atoms with Crippen LogP contribution in [-0.4, -0.2) is 76.1 Å². The van der Waals surface area contributed by atoms with Gasteiger partial charge in [0, 0.05) is 23.5 Å². The number of carbonyl (C=O) groups excluding carboxylic acids is 3. The predicted molar refractivity (Wildman–Crippen MR) is 130 cm³/mol. The van der Waals surface area contributed by atoms with Gasteiger partial charge in [-0.2, -0.15) is 0 Å². The molecule has 3 unspecified atom stereocenters. The average Bonchev–Trinajstić information content (AvgIpc) is 3.23. The van der Waals surface area contributed by atoms with Gasteiger partial charge in [0.15, 0.2) is 0 Å². The van der Waals surface area contributed by atoms with Crippen LogP contribution in [0.2, 0.25) is 0 Å². The average molecular weight is 505 g/mol. The highest BCUT2D eigenvalue weighted by Gasteiger charge is 2.29. The number of amides is 3. The third-order valence-electron chi connectivity index (χ3n) is 5.46. The largest absolute Gasteiger partial charge is 0.481 e. The number of aliphatic carboxylic acids is 2. The Kier molecular flexibility index (Phi) is 10.8. The molecule has 0 saturated heterocycles. The van der Waals surface area contributed by atoms with Gasteiger partial charge in [0.05, 0.1) is 12.5 Å². The van der Waals surface area contributed by atoms with Crippen molar-refractivity contribution < 1.29 is 34.2 Å². The lowest BCUT2D eigenvalue weighted by molar-refractivity contribution is -0.139. The summed E-state index contributed by atoms with van der Waals surface area (Å²) >= 11 is 0. The minimum Gasteiger partial charge on any atom is -0.481 e. The van der Waals surface area contributed by atoms with E-state index in [9.17, 15) is 24.0 Å². The zero-order chi connectivity index (χ0) is 26.7. The maximum absolute atomic E-state index is 13.1. The zero-order valence-electron chi connectivity index (χ0n) is 19.7. The van der Waals surface area contributed by atoms with Crippen molar-refractivity contribution >= 4 is 40.6 Å². The van der Waals surface area contributed by atoms with Gasteiger partial charge in [0.25, 0.3) is 0 Å². The normalized spacial score (nSPS) is 13.4. The van der Waals surface area contributed by atoms with Crippen LogP contribution in [0.3, 0.4) is 0 Å². The second kappa shape index (κ2) is 13.8. The molecule has 1 heterocycles. The number of hydrogen-bond acceptors (Lipinski definition) is 7. The maximum Gasteiger partial charge on any atom is 0.322 e. The number of para-hydroxylation sites is 1. The van der Waals surface area contributed by atoms with Gasteiger partial charge in [-0.3, -0.25) is 24.0 Å². The summed E-state index contributed by atoms with van der Waals surface area (Å²) in [5, 5.41) is 25.9. The minimum absolute atomic E-state index is 0.0448. The SMILES string of the molecule is NCCCCC(NC(=O)C(N)CC(=O)O)C(=O)NC(Cc1c[nH]c2ccccc12)C(=O)NCC(=O)O. The van der Waals surface area contributed by atoms with E-state index in [1.165, 1.54) is 0 Å².